The second-order valence-corrected chi connectivity index (χ2v) is 0.250. The zero-order chi connectivity index (χ0) is 3.58. The molecule has 0 spiro atoms. The predicted octanol–water partition coefficient (Wildman–Crippen LogP) is -2.45. The average Bonchev–Trinajstić information content (AvgIpc) is 0.811. The molecule has 0 rings (SSSR count). The summed E-state index contributed by atoms with van der Waals surface area (Å²) in [5.74, 6) is 0. The Morgan fingerprint density at radius 2 is 1.33 bits per heavy atom. The Hall–Kier alpha value is 0.309. The normalized spacial score (nSPS) is 4.00. The Morgan fingerprint density at radius 3 is 1.33 bits per heavy atom. The molecule has 0 amide bonds. The van der Waals surface area contributed by atoms with Gasteiger partial charge in [0.15, 0.2) is 0 Å². The molecule has 0 heterocycles. The molecule has 0 bridgehead atoms. The first-order chi connectivity index (χ1) is 1.73. The van der Waals surface area contributed by atoms with Crippen molar-refractivity contribution in [2.24, 2.45) is 0 Å². The molecule has 0 aromatic heterocycles. The smallest absolute Gasteiger partial charge is 0.652 e. The van der Waals surface area contributed by atoms with Crippen molar-refractivity contribution in [3.63, 3.8) is 0 Å². The predicted molar refractivity (Wildman–Crippen MR) is 5.40 cm³/mol. The molecular weight excluding hydrogens is 178 g/mol. The molecule has 0 saturated heterocycles. The summed E-state index contributed by atoms with van der Waals surface area (Å²) in [7, 11) is 0. The first kappa shape index (κ1) is 16.2. The van der Waals surface area contributed by atoms with Crippen LogP contribution in [0.15, 0.2) is 0 Å². The zero-order valence-corrected chi connectivity index (χ0v) is 4.53. The standard InChI is InChI=1S/CH2O3.Cu.Mn/c2-1(3)4;;/h(H2,2,3,4);;/q;+2;/p-2. The van der Waals surface area contributed by atoms with Crippen LogP contribution in [0.3, 0.4) is 0 Å². The van der Waals surface area contributed by atoms with Gasteiger partial charge in [-0.15, -0.1) is 0 Å². The van der Waals surface area contributed by atoms with Crippen molar-refractivity contribution in [3.05, 3.63) is 0 Å². The minimum Gasteiger partial charge on any atom is -0.652 e. The van der Waals surface area contributed by atoms with E-state index in [0.717, 1.165) is 0 Å². The molecule has 0 aliphatic heterocycles. The molecule has 0 aromatic carbocycles. The molecule has 3 nitrogen and oxygen atoms in total. The van der Waals surface area contributed by atoms with E-state index in [4.69, 9.17) is 15.0 Å². The fraction of sp³-hybridized carbons (Fsp3) is 0. The summed E-state index contributed by atoms with van der Waals surface area (Å²) in [6.45, 7) is 0. The van der Waals surface area contributed by atoms with E-state index in [2.05, 4.69) is 0 Å². The van der Waals surface area contributed by atoms with Crippen LogP contribution in [-0.4, -0.2) is 6.16 Å². The van der Waals surface area contributed by atoms with Crippen LogP contribution < -0.4 is 10.2 Å². The monoisotopic (exact) mass is 178 g/mol. The number of carbonyl (C=O) groups excluding carboxylic acids is 1. The van der Waals surface area contributed by atoms with Gasteiger partial charge in [-0.25, -0.2) is 0 Å². The van der Waals surface area contributed by atoms with Crippen molar-refractivity contribution < 1.29 is 49.1 Å². The van der Waals surface area contributed by atoms with E-state index in [-0.39, 0.29) is 34.1 Å². The van der Waals surface area contributed by atoms with E-state index in [1.165, 1.54) is 0 Å². The van der Waals surface area contributed by atoms with Gasteiger partial charge in [0.1, 0.15) is 0 Å². The topological polar surface area (TPSA) is 63.2 Å². The molecule has 0 atom stereocenters. The maximum absolute atomic E-state index is 8.33. The molecule has 0 saturated carbocycles. The fourth-order valence-electron chi connectivity index (χ4n) is 0. The van der Waals surface area contributed by atoms with Gasteiger partial charge in [-0.3, -0.25) is 0 Å². The zero-order valence-electron chi connectivity index (χ0n) is 2.40. The molecule has 6 heavy (non-hydrogen) atoms. The Balaban J connectivity index is -0.0000000450. The Morgan fingerprint density at radius 1 is 1.33 bits per heavy atom. The fourth-order valence-corrected chi connectivity index (χ4v) is 0. The van der Waals surface area contributed by atoms with Crippen molar-refractivity contribution in [3.8, 4) is 0 Å². The van der Waals surface area contributed by atoms with Gasteiger partial charge in [-0.2, -0.15) is 0 Å². The van der Waals surface area contributed by atoms with Gasteiger partial charge in [0.05, 0.1) is 0 Å². The number of carboxylic acid groups (broad SMARTS) is 2. The van der Waals surface area contributed by atoms with Crippen LogP contribution in [0.4, 0.5) is 4.79 Å². The molecule has 2 radical (unpaired) electrons. The summed E-state index contributed by atoms with van der Waals surface area (Å²) in [5, 5.41) is 16.7. The average molecular weight is 178 g/mol. The van der Waals surface area contributed by atoms with Crippen LogP contribution in [0.25, 0.3) is 0 Å². The molecule has 0 fully saturated rings. The number of hydrogen-bond acceptors (Lipinski definition) is 3. The van der Waals surface area contributed by atoms with Crippen LogP contribution >= 0.6 is 0 Å². The minimum absolute atomic E-state index is 0. The molecule has 5 heteroatoms. The van der Waals surface area contributed by atoms with Gasteiger partial charge >= 0.3 is 17.1 Å². The van der Waals surface area contributed by atoms with Gasteiger partial charge in [-0.1, -0.05) is 0 Å². The van der Waals surface area contributed by atoms with E-state index in [1.807, 2.05) is 0 Å². The maximum atomic E-state index is 8.33. The Kier molecular flexibility index (Phi) is 24.4. The molecule has 0 aliphatic rings. The van der Waals surface area contributed by atoms with Gasteiger partial charge in [0.25, 0.3) is 0 Å². The van der Waals surface area contributed by atoms with E-state index in [9.17, 15) is 0 Å². The first-order valence-corrected chi connectivity index (χ1v) is 0.612. The SMILES string of the molecule is O=C([O-])[O-].[Cu+2].[Mn]. The molecular formula is CCuMnO3. The summed E-state index contributed by atoms with van der Waals surface area (Å²) in [5.41, 5.74) is 0. The minimum atomic E-state index is -2.33. The second-order valence-electron chi connectivity index (χ2n) is 0.250. The third-order valence-electron chi connectivity index (χ3n) is 0. The number of hydrogen-bond donors (Lipinski definition) is 0. The van der Waals surface area contributed by atoms with Crippen molar-refractivity contribution in [1.82, 2.24) is 0 Å². The summed E-state index contributed by atoms with van der Waals surface area (Å²) in [4.78, 5) is 8.33. The van der Waals surface area contributed by atoms with Crippen molar-refractivity contribution in [2.75, 3.05) is 0 Å². The number of rotatable bonds is 0. The van der Waals surface area contributed by atoms with Gasteiger partial charge < -0.3 is 15.0 Å². The van der Waals surface area contributed by atoms with Crippen LogP contribution in [0, 0.1) is 0 Å². The van der Waals surface area contributed by atoms with E-state index in [1.54, 1.807) is 0 Å². The van der Waals surface area contributed by atoms with Gasteiger partial charge in [-0.05, 0) is 6.16 Å². The summed E-state index contributed by atoms with van der Waals surface area (Å²) in [6.07, 6.45) is -2.33. The number of carbonyl (C=O) groups is 1. The van der Waals surface area contributed by atoms with Crippen LogP contribution in [0.2, 0.25) is 0 Å². The second kappa shape index (κ2) is 9.00. The molecule has 0 N–H and O–H groups in total. The van der Waals surface area contributed by atoms with Gasteiger partial charge in [0.2, 0.25) is 0 Å². The van der Waals surface area contributed by atoms with Crippen molar-refractivity contribution >= 4 is 6.16 Å². The van der Waals surface area contributed by atoms with E-state index in [0.29, 0.717) is 0 Å². The third-order valence-corrected chi connectivity index (χ3v) is 0. The van der Waals surface area contributed by atoms with Crippen molar-refractivity contribution in [1.29, 1.82) is 0 Å². The van der Waals surface area contributed by atoms with E-state index < -0.39 is 6.16 Å². The maximum Gasteiger partial charge on any atom is 2.00 e. The molecule has 0 aromatic rings. The third kappa shape index (κ3) is 494. The molecule has 0 unspecified atom stereocenters. The van der Waals surface area contributed by atoms with Crippen LogP contribution in [0.1, 0.15) is 0 Å². The Bertz CT molecular complexity index is 33.8. The summed E-state index contributed by atoms with van der Waals surface area (Å²) >= 11 is 0. The Labute approximate surface area is 55.7 Å². The van der Waals surface area contributed by atoms with Crippen LogP contribution in [0.5, 0.6) is 0 Å². The van der Waals surface area contributed by atoms with Crippen LogP contribution in [-0.2, 0) is 34.1 Å². The quantitative estimate of drug-likeness (QED) is 0.387. The largest absolute Gasteiger partial charge is 2.00 e. The van der Waals surface area contributed by atoms with Gasteiger partial charge in [0, 0.05) is 17.1 Å². The molecule has 40 valence electrons. The van der Waals surface area contributed by atoms with E-state index >= 15 is 0 Å². The summed E-state index contributed by atoms with van der Waals surface area (Å²) in [6, 6.07) is 0. The first-order valence-electron chi connectivity index (χ1n) is 0.612. The molecule has 0 aliphatic carbocycles. The van der Waals surface area contributed by atoms with Crippen molar-refractivity contribution in [2.45, 2.75) is 0 Å². The summed E-state index contributed by atoms with van der Waals surface area (Å²) < 4.78 is 0.